The number of halogens is 1. The fourth-order valence-corrected chi connectivity index (χ4v) is 5.06. The second kappa shape index (κ2) is 9.88. The monoisotopic (exact) mass is 473 g/mol. The summed E-state index contributed by atoms with van der Waals surface area (Å²) in [5.74, 6) is -1.09. The third-order valence-corrected chi connectivity index (χ3v) is 6.87. The standard InChI is InChI=1S/C28H28FN3O3/c1-20-18-25(33)26(28(34)32(20)19-24-8-5-17-35-24)27(21-9-11-22(29)12-10-21)31-15-13-30(14-16-31)23-6-3-2-4-7-23/h2-12,17-18,26-27H,13-16,19H2,1H3. The van der Waals surface area contributed by atoms with E-state index < -0.39 is 12.0 Å². The van der Waals surface area contributed by atoms with Crippen molar-refractivity contribution in [2.24, 2.45) is 5.92 Å². The van der Waals surface area contributed by atoms with Crippen LogP contribution in [0.1, 0.15) is 24.3 Å². The maximum Gasteiger partial charge on any atom is 0.240 e. The van der Waals surface area contributed by atoms with E-state index in [1.165, 1.54) is 12.1 Å². The first-order valence-electron chi connectivity index (χ1n) is 11.9. The molecule has 0 radical (unpaired) electrons. The van der Waals surface area contributed by atoms with Gasteiger partial charge in [0.05, 0.1) is 18.8 Å². The minimum absolute atomic E-state index is 0.219. The van der Waals surface area contributed by atoms with Gasteiger partial charge in [-0.3, -0.25) is 14.5 Å². The molecule has 2 unspecified atom stereocenters. The Balaban J connectivity index is 1.44. The van der Waals surface area contributed by atoms with Crippen molar-refractivity contribution >= 4 is 17.4 Å². The number of benzene rings is 2. The minimum atomic E-state index is -0.914. The zero-order valence-corrected chi connectivity index (χ0v) is 19.6. The lowest BCUT2D eigenvalue weighted by molar-refractivity contribution is -0.144. The Morgan fingerprint density at radius 2 is 1.66 bits per heavy atom. The third-order valence-electron chi connectivity index (χ3n) is 6.87. The fraction of sp³-hybridized carbons (Fsp3) is 0.286. The van der Waals surface area contributed by atoms with Gasteiger partial charge in [0.1, 0.15) is 17.5 Å². The molecule has 0 N–H and O–H groups in total. The van der Waals surface area contributed by atoms with Crippen LogP contribution in [0.5, 0.6) is 0 Å². The molecule has 0 aliphatic carbocycles. The first kappa shape index (κ1) is 23.1. The zero-order chi connectivity index (χ0) is 24.4. The summed E-state index contributed by atoms with van der Waals surface area (Å²) < 4.78 is 19.2. The predicted octanol–water partition coefficient (Wildman–Crippen LogP) is 4.41. The number of nitrogens with zero attached hydrogens (tertiary/aromatic N) is 3. The van der Waals surface area contributed by atoms with E-state index in [4.69, 9.17) is 4.42 Å². The van der Waals surface area contributed by atoms with E-state index in [9.17, 15) is 14.0 Å². The highest BCUT2D eigenvalue weighted by atomic mass is 19.1. The molecule has 1 fully saturated rings. The lowest BCUT2D eigenvalue weighted by Crippen LogP contribution is -2.53. The molecule has 1 saturated heterocycles. The van der Waals surface area contributed by atoms with Gasteiger partial charge in [0.25, 0.3) is 0 Å². The number of piperazine rings is 1. The van der Waals surface area contributed by atoms with Crippen LogP contribution in [0.25, 0.3) is 0 Å². The molecule has 2 aliphatic rings. The summed E-state index contributed by atoms with van der Waals surface area (Å²) in [7, 11) is 0. The molecule has 0 saturated carbocycles. The minimum Gasteiger partial charge on any atom is -0.467 e. The first-order valence-corrected chi connectivity index (χ1v) is 11.9. The average Bonchev–Trinajstić information content (AvgIpc) is 3.39. The Labute approximate surface area is 204 Å². The van der Waals surface area contributed by atoms with E-state index in [-0.39, 0.29) is 24.1 Å². The molecule has 2 atom stereocenters. The predicted molar refractivity (Wildman–Crippen MR) is 131 cm³/mol. The lowest BCUT2D eigenvalue weighted by Gasteiger charge is -2.44. The van der Waals surface area contributed by atoms with E-state index in [0.717, 1.165) is 24.3 Å². The second-order valence-corrected chi connectivity index (χ2v) is 9.02. The van der Waals surface area contributed by atoms with Crippen LogP contribution in [0.15, 0.2) is 89.2 Å². The highest BCUT2D eigenvalue weighted by Gasteiger charge is 2.44. The van der Waals surface area contributed by atoms with Gasteiger partial charge >= 0.3 is 0 Å². The molecule has 1 amide bonds. The fourth-order valence-electron chi connectivity index (χ4n) is 5.06. The summed E-state index contributed by atoms with van der Waals surface area (Å²) in [6, 6.07) is 19.5. The summed E-state index contributed by atoms with van der Waals surface area (Å²) in [6.07, 6.45) is 3.12. The zero-order valence-electron chi connectivity index (χ0n) is 19.6. The number of carbonyl (C=O) groups excluding carboxylic acids is 2. The summed E-state index contributed by atoms with van der Waals surface area (Å²) in [5, 5.41) is 0. The van der Waals surface area contributed by atoms with Gasteiger partial charge in [0, 0.05) is 43.6 Å². The van der Waals surface area contributed by atoms with Crippen molar-refractivity contribution in [3.8, 4) is 0 Å². The average molecular weight is 474 g/mol. The molecule has 3 heterocycles. The number of carbonyl (C=O) groups is 2. The topological polar surface area (TPSA) is 57.0 Å². The molecule has 1 aromatic heterocycles. The third kappa shape index (κ3) is 4.77. The molecule has 180 valence electrons. The Morgan fingerprint density at radius 3 is 2.31 bits per heavy atom. The van der Waals surface area contributed by atoms with Crippen molar-refractivity contribution in [3.05, 3.63) is 102 Å². The number of furan rings is 1. The van der Waals surface area contributed by atoms with Crippen molar-refractivity contribution in [3.63, 3.8) is 0 Å². The number of para-hydroxylation sites is 1. The van der Waals surface area contributed by atoms with Gasteiger partial charge in [-0.05, 0) is 48.9 Å². The highest BCUT2D eigenvalue weighted by Crippen LogP contribution is 2.36. The number of hydrogen-bond acceptors (Lipinski definition) is 5. The van der Waals surface area contributed by atoms with Crippen molar-refractivity contribution in [1.82, 2.24) is 9.80 Å². The van der Waals surface area contributed by atoms with Crippen LogP contribution in [-0.2, 0) is 16.1 Å². The number of hydrogen-bond donors (Lipinski definition) is 0. The van der Waals surface area contributed by atoms with Gasteiger partial charge in [0.2, 0.25) is 5.91 Å². The number of ketones is 1. The van der Waals surface area contributed by atoms with E-state index in [2.05, 4.69) is 21.9 Å². The molecule has 3 aromatic rings. The maximum atomic E-state index is 13.8. The smallest absolute Gasteiger partial charge is 0.240 e. The number of allylic oxidation sites excluding steroid dienone is 2. The molecule has 6 nitrogen and oxygen atoms in total. The van der Waals surface area contributed by atoms with Crippen LogP contribution < -0.4 is 4.90 Å². The molecule has 2 aliphatic heterocycles. The van der Waals surface area contributed by atoms with Crippen LogP contribution >= 0.6 is 0 Å². The van der Waals surface area contributed by atoms with Gasteiger partial charge < -0.3 is 14.2 Å². The summed E-state index contributed by atoms with van der Waals surface area (Å²) in [6.45, 7) is 4.91. The number of amides is 1. The Kier molecular flexibility index (Phi) is 6.51. The van der Waals surface area contributed by atoms with Gasteiger partial charge in [-0.15, -0.1) is 0 Å². The largest absolute Gasteiger partial charge is 0.467 e. The molecular formula is C28H28FN3O3. The Morgan fingerprint density at radius 1 is 0.943 bits per heavy atom. The van der Waals surface area contributed by atoms with E-state index in [1.807, 2.05) is 24.3 Å². The van der Waals surface area contributed by atoms with Gasteiger partial charge in [0.15, 0.2) is 5.78 Å². The second-order valence-electron chi connectivity index (χ2n) is 9.02. The van der Waals surface area contributed by atoms with Crippen LogP contribution in [0.2, 0.25) is 0 Å². The van der Waals surface area contributed by atoms with Gasteiger partial charge in [-0.2, -0.15) is 0 Å². The van der Waals surface area contributed by atoms with E-state index in [0.29, 0.717) is 24.5 Å². The maximum absolute atomic E-state index is 13.8. The van der Waals surface area contributed by atoms with Crippen molar-refractivity contribution < 1.29 is 18.4 Å². The van der Waals surface area contributed by atoms with Crippen LogP contribution in [-0.4, -0.2) is 47.7 Å². The molecule has 0 spiro atoms. The highest BCUT2D eigenvalue weighted by molar-refractivity contribution is 6.10. The van der Waals surface area contributed by atoms with E-state index >= 15 is 0 Å². The number of rotatable bonds is 6. The van der Waals surface area contributed by atoms with Gasteiger partial charge in [-0.25, -0.2) is 4.39 Å². The molecule has 2 aromatic carbocycles. The van der Waals surface area contributed by atoms with Crippen molar-refractivity contribution in [2.45, 2.75) is 19.5 Å². The Hall–Kier alpha value is -3.71. The molecular weight excluding hydrogens is 445 g/mol. The number of anilines is 1. The van der Waals surface area contributed by atoms with Crippen LogP contribution in [0.4, 0.5) is 10.1 Å². The quantitative estimate of drug-likeness (QED) is 0.497. The van der Waals surface area contributed by atoms with Crippen molar-refractivity contribution in [1.29, 1.82) is 0 Å². The van der Waals surface area contributed by atoms with Crippen LogP contribution in [0, 0.1) is 11.7 Å². The summed E-state index contributed by atoms with van der Waals surface area (Å²) in [4.78, 5) is 33.2. The molecule has 35 heavy (non-hydrogen) atoms. The van der Waals surface area contributed by atoms with Crippen molar-refractivity contribution in [2.75, 3.05) is 31.1 Å². The first-order chi connectivity index (χ1) is 17.0. The van der Waals surface area contributed by atoms with Crippen LogP contribution in [0.3, 0.4) is 0 Å². The Bertz CT molecular complexity index is 1200. The SMILES string of the molecule is CC1=CC(=O)C(C(c2ccc(F)cc2)N2CCN(c3ccccc3)CC2)C(=O)N1Cc1ccco1. The molecule has 0 bridgehead atoms. The summed E-state index contributed by atoms with van der Waals surface area (Å²) in [5.41, 5.74) is 2.51. The normalized spacial score (nSPS) is 20.2. The van der Waals surface area contributed by atoms with E-state index in [1.54, 1.807) is 42.4 Å². The molecule has 5 rings (SSSR count). The summed E-state index contributed by atoms with van der Waals surface area (Å²) >= 11 is 0. The molecule has 7 heteroatoms. The van der Waals surface area contributed by atoms with Gasteiger partial charge in [-0.1, -0.05) is 30.3 Å². The lowest BCUT2D eigenvalue weighted by atomic mass is 9.84.